The van der Waals surface area contributed by atoms with Crippen molar-refractivity contribution in [2.24, 2.45) is 46.3 Å². The standard InChI is InChI=1S/C37H62O16S/c1-17(2)26(52-34-30(44)31(25(41)16-50-34)53-54(46,47)48)7-6-18(3)20-13-22(38)32-36(20,5)11-9-27-35(4)10-8-19(12-21(35)23(39)14-37(27,32)45)51-33-29(43)28(42)24(40)15-49-33/h6-7,17-34,38-45H,8-16H2,1-5H3,(H,46,47,48)/p-1/b7-6+/t18-,19+,20-,21-,22-,23+,24-,25-,26+,27-,28+,29-,30-,31+,32-,33+,34+,35+,36-,37+/m1/s1. The summed E-state index contributed by atoms with van der Waals surface area (Å²) >= 11 is 0. The van der Waals surface area contributed by atoms with Gasteiger partial charge in [0.05, 0.1) is 43.2 Å². The molecule has 0 bridgehead atoms. The highest BCUT2D eigenvalue weighted by molar-refractivity contribution is 7.80. The van der Waals surface area contributed by atoms with E-state index in [1.807, 2.05) is 32.9 Å². The van der Waals surface area contributed by atoms with Gasteiger partial charge in [-0.3, -0.25) is 4.18 Å². The zero-order chi connectivity index (χ0) is 39.7. The van der Waals surface area contributed by atoms with Gasteiger partial charge in [0.2, 0.25) is 10.4 Å². The molecule has 0 aromatic carbocycles. The summed E-state index contributed by atoms with van der Waals surface area (Å²) in [5, 5.41) is 87.5. The molecule has 6 aliphatic rings. The lowest BCUT2D eigenvalue weighted by molar-refractivity contribution is -0.300. The van der Waals surface area contributed by atoms with Gasteiger partial charge in [-0.2, -0.15) is 0 Å². The molecular formula is C37H61O16S-. The van der Waals surface area contributed by atoms with E-state index >= 15 is 0 Å². The fraction of sp³-hybridized carbons (Fsp3) is 0.946. The van der Waals surface area contributed by atoms with E-state index in [9.17, 15) is 53.8 Å². The zero-order valence-corrected chi connectivity index (χ0v) is 32.5. The summed E-state index contributed by atoms with van der Waals surface area (Å²) in [6.45, 7) is 9.48. The van der Waals surface area contributed by atoms with Gasteiger partial charge in [0.25, 0.3) is 0 Å². The SMILES string of the molecule is CC(C)[C@H](/C=C/[C@@H](C)[C@H]1C[C@@H](O)[C@@H]2[C@]1(C)CC[C@@H]1[C@@]3(C)CC[C@H](O[C@@H]4OC[C@@H](O)[C@H](O)[C@H]4O)C[C@@H]3[C@@H](O)C[C@]12O)O[C@@H]1OC[C@@H](O)[C@H](OS(=O)(=O)[O-])[C@H]1O. The first-order valence-electron chi connectivity index (χ1n) is 19.5. The minimum absolute atomic E-state index is 0.0409. The maximum absolute atomic E-state index is 12.8. The van der Waals surface area contributed by atoms with E-state index in [4.69, 9.17) is 18.9 Å². The lowest BCUT2D eigenvalue weighted by Crippen LogP contribution is -2.68. The smallest absolute Gasteiger partial charge is 0.218 e. The van der Waals surface area contributed by atoms with Crippen LogP contribution in [0.3, 0.4) is 0 Å². The minimum atomic E-state index is -5.22. The predicted molar refractivity (Wildman–Crippen MR) is 186 cm³/mol. The quantitative estimate of drug-likeness (QED) is 0.0610. The third kappa shape index (κ3) is 7.83. The maximum atomic E-state index is 12.8. The number of ether oxygens (including phenoxy) is 4. The summed E-state index contributed by atoms with van der Waals surface area (Å²) in [6, 6.07) is 0. The van der Waals surface area contributed by atoms with Crippen LogP contribution in [0, 0.1) is 46.3 Å². The number of allylic oxidation sites excluding steroid dienone is 1. The van der Waals surface area contributed by atoms with Crippen LogP contribution in [0.25, 0.3) is 0 Å². The maximum Gasteiger partial charge on any atom is 0.218 e. The first-order chi connectivity index (χ1) is 25.1. The van der Waals surface area contributed by atoms with Gasteiger partial charge in [0.15, 0.2) is 12.6 Å². The molecular weight excluding hydrogens is 732 g/mol. The van der Waals surface area contributed by atoms with Crippen molar-refractivity contribution in [2.45, 2.75) is 159 Å². The Morgan fingerprint density at radius 3 is 2.11 bits per heavy atom. The van der Waals surface area contributed by atoms with Gasteiger partial charge in [-0.25, -0.2) is 8.42 Å². The average molecular weight is 794 g/mol. The van der Waals surface area contributed by atoms with Crippen molar-refractivity contribution in [2.75, 3.05) is 13.2 Å². The Kier molecular flexibility index (Phi) is 12.4. The minimum Gasteiger partial charge on any atom is -0.726 e. The van der Waals surface area contributed by atoms with E-state index in [1.54, 1.807) is 0 Å². The molecule has 4 aliphatic carbocycles. The number of aliphatic hydroxyl groups is 8. The molecule has 6 fully saturated rings. The van der Waals surface area contributed by atoms with E-state index in [0.717, 1.165) is 6.42 Å². The molecule has 0 radical (unpaired) electrons. The molecule has 0 unspecified atom stereocenters. The highest BCUT2D eigenvalue weighted by atomic mass is 32.3. The van der Waals surface area contributed by atoms with E-state index in [1.165, 1.54) is 0 Å². The van der Waals surface area contributed by atoms with Crippen LogP contribution in [0.5, 0.6) is 0 Å². The Balaban J connectivity index is 1.14. The predicted octanol–water partition coefficient (Wildman–Crippen LogP) is -0.317. The first-order valence-corrected chi connectivity index (χ1v) is 20.8. The lowest BCUT2D eigenvalue weighted by atomic mass is 9.42. The topological polar surface area (TPSA) is 265 Å². The Morgan fingerprint density at radius 1 is 0.796 bits per heavy atom. The number of fused-ring (bicyclic) bond motifs is 5. The molecule has 0 amide bonds. The van der Waals surface area contributed by atoms with Gasteiger partial charge in [-0.05, 0) is 78.9 Å². The molecule has 17 heteroatoms. The third-order valence-corrected chi connectivity index (χ3v) is 14.8. The summed E-state index contributed by atoms with van der Waals surface area (Å²) in [4.78, 5) is 0. The van der Waals surface area contributed by atoms with Crippen LogP contribution in [0.1, 0.15) is 79.6 Å². The second-order valence-corrected chi connectivity index (χ2v) is 19.0. The Morgan fingerprint density at radius 2 is 1.44 bits per heavy atom. The second-order valence-electron chi connectivity index (χ2n) is 18.0. The Labute approximate surface area is 317 Å². The molecule has 16 nitrogen and oxygen atoms in total. The summed E-state index contributed by atoms with van der Waals surface area (Å²) in [6.07, 6.45) is -6.75. The lowest BCUT2D eigenvalue weighted by Gasteiger charge is -2.66. The van der Waals surface area contributed by atoms with Crippen molar-refractivity contribution in [1.29, 1.82) is 0 Å². The average Bonchev–Trinajstić information content (AvgIpc) is 3.36. The molecule has 2 heterocycles. The second kappa shape index (κ2) is 15.7. The van der Waals surface area contributed by atoms with E-state index in [-0.39, 0.29) is 48.7 Å². The summed E-state index contributed by atoms with van der Waals surface area (Å²) in [5.74, 6) is -1.16. The van der Waals surface area contributed by atoms with Gasteiger partial charge in [0.1, 0.15) is 36.6 Å². The third-order valence-electron chi connectivity index (χ3n) is 14.3. The fourth-order valence-electron chi connectivity index (χ4n) is 11.7. The van der Waals surface area contributed by atoms with Crippen molar-refractivity contribution >= 4 is 10.4 Å². The molecule has 2 aliphatic heterocycles. The van der Waals surface area contributed by atoms with Crippen LogP contribution in [0.15, 0.2) is 12.2 Å². The van der Waals surface area contributed by atoms with Crippen molar-refractivity contribution in [1.82, 2.24) is 0 Å². The molecule has 8 N–H and O–H groups in total. The largest absolute Gasteiger partial charge is 0.726 e. The Hall–Kier alpha value is -0.870. The molecule has 312 valence electrons. The van der Waals surface area contributed by atoms with Crippen LogP contribution in [0.4, 0.5) is 0 Å². The van der Waals surface area contributed by atoms with Crippen LogP contribution in [-0.4, -0.2) is 146 Å². The number of rotatable bonds is 10. The van der Waals surface area contributed by atoms with Gasteiger partial charge >= 0.3 is 0 Å². The molecule has 4 saturated carbocycles. The van der Waals surface area contributed by atoms with Gasteiger partial charge < -0.3 is 64.4 Å². The monoisotopic (exact) mass is 793 g/mol. The molecule has 0 aromatic heterocycles. The number of hydrogen-bond donors (Lipinski definition) is 8. The molecule has 6 rings (SSSR count). The fourth-order valence-corrected chi connectivity index (χ4v) is 12.2. The molecule has 0 spiro atoms. The van der Waals surface area contributed by atoms with Crippen LogP contribution >= 0.6 is 0 Å². The number of aliphatic hydroxyl groups excluding tert-OH is 7. The van der Waals surface area contributed by atoms with Crippen molar-refractivity contribution < 1.29 is 77.0 Å². The van der Waals surface area contributed by atoms with E-state index < -0.39 is 107 Å². The summed E-state index contributed by atoms with van der Waals surface area (Å²) in [7, 11) is -5.22. The molecule has 2 saturated heterocycles. The summed E-state index contributed by atoms with van der Waals surface area (Å²) in [5.41, 5.74) is -2.26. The van der Waals surface area contributed by atoms with Crippen LogP contribution < -0.4 is 0 Å². The van der Waals surface area contributed by atoms with Gasteiger partial charge in [-0.1, -0.05) is 46.8 Å². The van der Waals surface area contributed by atoms with E-state index in [0.29, 0.717) is 32.1 Å². The molecule has 20 atom stereocenters. The molecule has 0 aromatic rings. The van der Waals surface area contributed by atoms with Crippen LogP contribution in [0.2, 0.25) is 0 Å². The van der Waals surface area contributed by atoms with Crippen LogP contribution in [-0.2, 0) is 33.5 Å². The highest BCUT2D eigenvalue weighted by Gasteiger charge is 2.70. The van der Waals surface area contributed by atoms with Gasteiger partial charge in [0, 0.05) is 12.3 Å². The van der Waals surface area contributed by atoms with Crippen molar-refractivity contribution in [3.8, 4) is 0 Å². The zero-order valence-electron chi connectivity index (χ0n) is 31.7. The number of hydrogen-bond acceptors (Lipinski definition) is 16. The first kappa shape index (κ1) is 42.7. The highest BCUT2D eigenvalue weighted by Crippen LogP contribution is 2.70. The van der Waals surface area contributed by atoms with Gasteiger partial charge in [-0.15, -0.1) is 0 Å². The summed E-state index contributed by atoms with van der Waals surface area (Å²) < 4.78 is 61.1. The Bertz CT molecular complexity index is 1450. The van der Waals surface area contributed by atoms with Crippen molar-refractivity contribution in [3.05, 3.63) is 12.2 Å². The van der Waals surface area contributed by atoms with Crippen molar-refractivity contribution in [3.63, 3.8) is 0 Å². The normalized spacial score (nSPS) is 51.1. The van der Waals surface area contributed by atoms with E-state index in [2.05, 4.69) is 18.0 Å². The molecule has 54 heavy (non-hydrogen) atoms.